The molecule has 6 rings (SSSR count). The Labute approximate surface area is 212 Å². The van der Waals surface area contributed by atoms with Gasteiger partial charge < -0.3 is 10.1 Å². The predicted molar refractivity (Wildman–Crippen MR) is 136 cm³/mol. The zero-order valence-corrected chi connectivity index (χ0v) is 20.6. The highest BCUT2D eigenvalue weighted by Gasteiger charge is 2.27. The van der Waals surface area contributed by atoms with E-state index < -0.39 is 10.0 Å². The van der Waals surface area contributed by atoms with Gasteiger partial charge in [-0.25, -0.2) is 17.4 Å². The van der Waals surface area contributed by atoms with Crippen LogP contribution in [0.4, 0.5) is 0 Å². The van der Waals surface area contributed by atoms with Crippen LogP contribution >= 0.6 is 0 Å². The minimum Gasteiger partial charge on any atom is -0.464 e. The van der Waals surface area contributed by atoms with E-state index in [1.807, 2.05) is 18.2 Å². The van der Waals surface area contributed by atoms with E-state index >= 15 is 0 Å². The number of carbonyl (C=O) groups excluding carboxylic acids is 1. The number of nitrogens with one attached hydrogen (secondary N) is 1. The third kappa shape index (κ3) is 4.15. The van der Waals surface area contributed by atoms with Crippen LogP contribution in [0.1, 0.15) is 18.5 Å². The van der Waals surface area contributed by atoms with Gasteiger partial charge >= 0.3 is 5.97 Å². The van der Waals surface area contributed by atoms with Crippen LogP contribution in [0.2, 0.25) is 0 Å². The summed E-state index contributed by atoms with van der Waals surface area (Å²) in [4.78, 5) is 17.0. The van der Waals surface area contributed by atoms with E-state index in [-0.39, 0.29) is 29.9 Å². The molecule has 1 aromatic carbocycles. The second-order valence-corrected chi connectivity index (χ2v) is 10.6. The maximum absolute atomic E-state index is 13.8. The Bertz CT molecular complexity index is 1710. The summed E-state index contributed by atoms with van der Waals surface area (Å²) in [6.07, 6.45) is 6.81. The van der Waals surface area contributed by atoms with Gasteiger partial charge in [-0.1, -0.05) is 18.2 Å². The Morgan fingerprint density at radius 1 is 1.05 bits per heavy atom. The van der Waals surface area contributed by atoms with Gasteiger partial charge in [-0.2, -0.15) is 14.8 Å². The van der Waals surface area contributed by atoms with Gasteiger partial charge in [-0.05, 0) is 61.3 Å². The number of pyridine rings is 1. The lowest BCUT2D eigenvalue weighted by atomic mass is 10.1. The number of hydrogen-bond donors (Lipinski definition) is 1. The molecule has 1 N–H and O–H groups in total. The van der Waals surface area contributed by atoms with Crippen molar-refractivity contribution < 1.29 is 17.9 Å². The van der Waals surface area contributed by atoms with E-state index in [9.17, 15) is 13.2 Å². The first kappa shape index (κ1) is 23.3. The summed E-state index contributed by atoms with van der Waals surface area (Å²) < 4.78 is 35.9. The van der Waals surface area contributed by atoms with Crippen LogP contribution in [-0.2, 0) is 26.0 Å². The van der Waals surface area contributed by atoms with E-state index in [2.05, 4.69) is 20.5 Å². The van der Waals surface area contributed by atoms with Gasteiger partial charge in [0.1, 0.15) is 6.04 Å². The van der Waals surface area contributed by atoms with Crippen molar-refractivity contribution in [3.63, 3.8) is 0 Å². The van der Waals surface area contributed by atoms with Crippen molar-refractivity contribution in [1.29, 1.82) is 0 Å². The average molecular weight is 517 g/mol. The molecular formula is C26H24N6O4S. The molecule has 0 saturated carbocycles. The van der Waals surface area contributed by atoms with E-state index in [1.54, 1.807) is 55.0 Å². The molecule has 10 nitrogen and oxygen atoms in total. The fraction of sp³-hybridized carbons (Fsp3) is 0.231. The van der Waals surface area contributed by atoms with E-state index in [0.29, 0.717) is 16.7 Å². The second-order valence-electron chi connectivity index (χ2n) is 8.84. The van der Waals surface area contributed by atoms with Gasteiger partial charge in [0.25, 0.3) is 10.0 Å². The van der Waals surface area contributed by atoms with E-state index in [4.69, 9.17) is 4.74 Å². The fourth-order valence-electron chi connectivity index (χ4n) is 4.79. The third-order valence-electron chi connectivity index (χ3n) is 6.56. The molecule has 0 amide bonds. The van der Waals surface area contributed by atoms with Crippen LogP contribution < -0.4 is 5.32 Å². The highest BCUT2D eigenvalue weighted by atomic mass is 32.2. The second kappa shape index (κ2) is 9.41. The topological polar surface area (TPSA) is 120 Å². The molecule has 5 aromatic rings. The molecule has 0 spiro atoms. The van der Waals surface area contributed by atoms with Gasteiger partial charge in [0, 0.05) is 35.5 Å². The van der Waals surface area contributed by atoms with Crippen molar-refractivity contribution in [2.45, 2.75) is 30.2 Å². The normalized spacial score (nSPS) is 15.9. The largest absolute Gasteiger partial charge is 0.464 e. The van der Waals surface area contributed by atoms with Gasteiger partial charge in [0.05, 0.1) is 23.2 Å². The highest BCUT2D eigenvalue weighted by molar-refractivity contribution is 7.90. The lowest BCUT2D eigenvalue weighted by Gasteiger charge is -2.13. The molecule has 1 atom stereocenters. The van der Waals surface area contributed by atoms with Crippen molar-refractivity contribution >= 4 is 32.5 Å². The number of carbonyl (C=O) groups is 1. The van der Waals surface area contributed by atoms with Crippen molar-refractivity contribution in [3.8, 4) is 11.1 Å². The number of fused-ring (bicyclic) bond motifs is 2. The first-order valence-corrected chi connectivity index (χ1v) is 13.5. The maximum Gasteiger partial charge on any atom is 0.323 e. The summed E-state index contributed by atoms with van der Waals surface area (Å²) in [5.41, 5.74) is 3.14. The van der Waals surface area contributed by atoms with Crippen LogP contribution in [0.5, 0.6) is 0 Å². The SMILES string of the molecule is O=C(OCCc1cc2c(-c3cnn4ncccc34)ccnc2n1S(=O)(=O)c1ccccc1)C1CCCN1. The fourth-order valence-corrected chi connectivity index (χ4v) is 6.32. The first-order valence-electron chi connectivity index (χ1n) is 12.0. The molecule has 0 radical (unpaired) electrons. The third-order valence-corrected chi connectivity index (χ3v) is 8.31. The molecule has 1 fully saturated rings. The number of ether oxygens (including phenoxy) is 1. The number of rotatable bonds is 7. The molecule has 1 aliphatic rings. The summed E-state index contributed by atoms with van der Waals surface area (Å²) in [6, 6.07) is 15.3. The quantitative estimate of drug-likeness (QED) is 0.328. The van der Waals surface area contributed by atoms with E-state index in [0.717, 1.165) is 36.0 Å². The summed E-state index contributed by atoms with van der Waals surface area (Å²) >= 11 is 0. The number of benzene rings is 1. The van der Waals surface area contributed by atoms with Gasteiger partial charge in [0.15, 0.2) is 5.65 Å². The standard InChI is InChI=1S/C26H24N6O4S/c33-26(23-8-4-12-27-23)36-15-11-18-16-21-20(22-17-30-32-24(22)9-5-13-29-32)10-14-28-25(21)31(18)37(34,35)19-6-2-1-3-7-19/h1-3,5-7,9-10,13-14,16-17,23,27H,4,8,11-12,15H2. The molecule has 0 bridgehead atoms. The number of aromatic nitrogens is 5. The highest BCUT2D eigenvalue weighted by Crippen LogP contribution is 2.34. The Morgan fingerprint density at radius 2 is 1.92 bits per heavy atom. The van der Waals surface area contributed by atoms with Gasteiger partial charge in [-0.3, -0.25) is 4.79 Å². The Hall–Kier alpha value is -4.09. The number of hydrogen-bond acceptors (Lipinski definition) is 8. The van der Waals surface area contributed by atoms with Crippen molar-refractivity contribution in [2.24, 2.45) is 0 Å². The summed E-state index contributed by atoms with van der Waals surface area (Å²) in [6.45, 7) is 0.838. The molecule has 188 valence electrons. The number of nitrogens with zero attached hydrogens (tertiary/aromatic N) is 5. The predicted octanol–water partition coefficient (Wildman–Crippen LogP) is 2.82. The molecule has 1 unspecified atom stereocenters. The minimum atomic E-state index is -3.98. The Balaban J connectivity index is 1.46. The van der Waals surface area contributed by atoms with Crippen molar-refractivity contribution in [3.05, 3.63) is 78.9 Å². The maximum atomic E-state index is 13.8. The summed E-state index contributed by atoms with van der Waals surface area (Å²) in [5, 5.41) is 12.3. The monoisotopic (exact) mass is 516 g/mol. The molecular weight excluding hydrogens is 492 g/mol. The Kier molecular flexibility index (Phi) is 5.93. The molecule has 4 aromatic heterocycles. The Morgan fingerprint density at radius 3 is 2.73 bits per heavy atom. The van der Waals surface area contributed by atoms with E-state index in [1.165, 1.54) is 8.60 Å². The molecule has 1 aliphatic heterocycles. The van der Waals surface area contributed by atoms with Crippen molar-refractivity contribution in [1.82, 2.24) is 29.1 Å². The van der Waals surface area contributed by atoms with Crippen molar-refractivity contribution in [2.75, 3.05) is 13.2 Å². The lowest BCUT2D eigenvalue weighted by molar-refractivity contribution is -0.145. The molecule has 37 heavy (non-hydrogen) atoms. The minimum absolute atomic E-state index is 0.0492. The smallest absolute Gasteiger partial charge is 0.323 e. The molecule has 1 saturated heterocycles. The lowest BCUT2D eigenvalue weighted by Crippen LogP contribution is -2.32. The van der Waals surface area contributed by atoms with Gasteiger partial charge in [-0.15, -0.1) is 0 Å². The molecule has 0 aliphatic carbocycles. The zero-order valence-electron chi connectivity index (χ0n) is 19.8. The average Bonchev–Trinajstić information content (AvgIpc) is 3.67. The van der Waals surface area contributed by atoms with Crippen LogP contribution in [0, 0.1) is 0 Å². The summed E-state index contributed by atoms with van der Waals surface area (Å²) in [5.74, 6) is -0.316. The van der Waals surface area contributed by atoms with Crippen LogP contribution in [0.15, 0.2) is 78.1 Å². The first-order chi connectivity index (χ1) is 18.0. The zero-order chi connectivity index (χ0) is 25.4. The molecule has 11 heteroatoms. The van der Waals surface area contributed by atoms with Crippen LogP contribution in [0.3, 0.4) is 0 Å². The van der Waals surface area contributed by atoms with Gasteiger partial charge in [0.2, 0.25) is 0 Å². The summed E-state index contributed by atoms with van der Waals surface area (Å²) in [7, 11) is -3.98. The van der Waals surface area contributed by atoms with Crippen LogP contribution in [-0.4, -0.2) is 57.4 Å². The molecule has 5 heterocycles. The van der Waals surface area contributed by atoms with Crippen LogP contribution in [0.25, 0.3) is 27.7 Å². The number of esters is 1.